The summed E-state index contributed by atoms with van der Waals surface area (Å²) in [4.78, 5) is 13.4. The van der Waals surface area contributed by atoms with Gasteiger partial charge >= 0.3 is 0 Å². The van der Waals surface area contributed by atoms with Gasteiger partial charge in [0.15, 0.2) is 5.96 Å². The van der Waals surface area contributed by atoms with Crippen molar-refractivity contribution in [1.82, 2.24) is 15.2 Å². The largest absolute Gasteiger partial charge is 0.497 e. The third-order valence-corrected chi connectivity index (χ3v) is 4.77. The highest BCUT2D eigenvalue weighted by Crippen LogP contribution is 2.18. The highest BCUT2D eigenvalue weighted by molar-refractivity contribution is 14.0. The van der Waals surface area contributed by atoms with Crippen molar-refractivity contribution < 1.29 is 9.47 Å². The van der Waals surface area contributed by atoms with E-state index in [1.54, 1.807) is 14.2 Å². The molecule has 0 unspecified atom stereocenters. The molecule has 0 aliphatic carbocycles. The quantitative estimate of drug-likeness (QED) is 0.366. The van der Waals surface area contributed by atoms with Crippen LogP contribution >= 0.6 is 24.0 Å². The minimum atomic E-state index is 0. The van der Waals surface area contributed by atoms with Gasteiger partial charge in [0.1, 0.15) is 11.6 Å². The second-order valence-electron chi connectivity index (χ2n) is 6.69. The van der Waals surface area contributed by atoms with Crippen molar-refractivity contribution in [1.29, 1.82) is 0 Å². The summed E-state index contributed by atoms with van der Waals surface area (Å²) in [5.74, 6) is 2.72. The SMILES string of the molecule is CN=C(NCc1cccnc1N1CCOCC1)N(C)Cc1ccc(OC)cc1.I. The second kappa shape index (κ2) is 11.8. The van der Waals surface area contributed by atoms with Crippen LogP contribution in [-0.2, 0) is 17.8 Å². The summed E-state index contributed by atoms with van der Waals surface area (Å²) >= 11 is 0. The van der Waals surface area contributed by atoms with Gasteiger partial charge in [-0.25, -0.2) is 4.98 Å². The summed E-state index contributed by atoms with van der Waals surface area (Å²) in [5, 5.41) is 3.46. The Balaban J connectivity index is 0.00000300. The van der Waals surface area contributed by atoms with Crippen molar-refractivity contribution in [3.8, 4) is 5.75 Å². The van der Waals surface area contributed by atoms with Crippen molar-refractivity contribution in [2.24, 2.45) is 4.99 Å². The van der Waals surface area contributed by atoms with Crippen molar-refractivity contribution in [3.63, 3.8) is 0 Å². The van der Waals surface area contributed by atoms with Crippen LogP contribution in [0.2, 0.25) is 0 Å². The summed E-state index contributed by atoms with van der Waals surface area (Å²) in [6.45, 7) is 4.66. The minimum absolute atomic E-state index is 0. The van der Waals surface area contributed by atoms with E-state index in [2.05, 4.69) is 43.3 Å². The van der Waals surface area contributed by atoms with Crippen molar-refractivity contribution >= 4 is 35.8 Å². The third kappa shape index (κ3) is 6.46. The topological polar surface area (TPSA) is 62.2 Å². The Morgan fingerprint density at radius 1 is 1.24 bits per heavy atom. The molecule has 0 amide bonds. The first-order chi connectivity index (χ1) is 13.7. The Morgan fingerprint density at radius 2 is 1.97 bits per heavy atom. The summed E-state index contributed by atoms with van der Waals surface area (Å²) in [6, 6.07) is 12.2. The van der Waals surface area contributed by atoms with E-state index in [1.807, 2.05) is 31.4 Å². The maximum absolute atomic E-state index is 5.46. The first-order valence-electron chi connectivity index (χ1n) is 9.52. The number of hydrogen-bond donors (Lipinski definition) is 1. The molecule has 0 atom stereocenters. The molecule has 1 aromatic carbocycles. The molecule has 158 valence electrons. The molecule has 7 nitrogen and oxygen atoms in total. The number of anilines is 1. The molecule has 0 spiro atoms. The average molecular weight is 511 g/mol. The molecule has 29 heavy (non-hydrogen) atoms. The fraction of sp³-hybridized carbons (Fsp3) is 0.429. The van der Waals surface area contributed by atoms with Crippen LogP contribution in [0.5, 0.6) is 5.75 Å². The summed E-state index contributed by atoms with van der Waals surface area (Å²) in [7, 11) is 5.52. The lowest BCUT2D eigenvalue weighted by Crippen LogP contribution is -2.40. The van der Waals surface area contributed by atoms with E-state index in [4.69, 9.17) is 9.47 Å². The number of nitrogens with zero attached hydrogens (tertiary/aromatic N) is 4. The van der Waals surface area contributed by atoms with Gasteiger partial charge in [0.05, 0.1) is 20.3 Å². The van der Waals surface area contributed by atoms with Crippen LogP contribution in [-0.4, -0.2) is 63.4 Å². The summed E-state index contributed by atoms with van der Waals surface area (Å²) < 4.78 is 10.7. The zero-order valence-corrected chi connectivity index (χ0v) is 19.6. The number of aliphatic imine (C=N–C) groups is 1. The number of halogens is 1. The van der Waals surface area contributed by atoms with Crippen molar-refractivity contribution in [2.45, 2.75) is 13.1 Å². The van der Waals surface area contributed by atoms with E-state index < -0.39 is 0 Å². The lowest BCUT2D eigenvalue weighted by Gasteiger charge is -2.30. The van der Waals surface area contributed by atoms with E-state index in [-0.39, 0.29) is 24.0 Å². The van der Waals surface area contributed by atoms with E-state index >= 15 is 0 Å². The Kier molecular flexibility index (Phi) is 9.46. The predicted molar refractivity (Wildman–Crippen MR) is 127 cm³/mol. The molecule has 1 fully saturated rings. The maximum atomic E-state index is 5.46. The van der Waals surface area contributed by atoms with Crippen LogP contribution in [0.3, 0.4) is 0 Å². The highest BCUT2D eigenvalue weighted by Gasteiger charge is 2.16. The third-order valence-electron chi connectivity index (χ3n) is 4.77. The Bertz CT molecular complexity index is 779. The fourth-order valence-electron chi connectivity index (χ4n) is 3.27. The van der Waals surface area contributed by atoms with Gasteiger partial charge in [-0.05, 0) is 23.8 Å². The fourth-order valence-corrected chi connectivity index (χ4v) is 3.27. The molecule has 8 heteroatoms. The molecule has 1 saturated heterocycles. The monoisotopic (exact) mass is 511 g/mol. The molecule has 0 radical (unpaired) electrons. The number of hydrogen-bond acceptors (Lipinski definition) is 5. The standard InChI is InChI=1S/C21H29N5O2.HI/c1-22-21(25(2)16-17-6-8-19(27-3)9-7-17)24-15-18-5-4-10-23-20(18)26-11-13-28-14-12-26;/h4-10H,11-16H2,1-3H3,(H,22,24);1H. The van der Waals surface area contributed by atoms with E-state index in [9.17, 15) is 0 Å². The van der Waals surface area contributed by atoms with Crippen LogP contribution in [0.4, 0.5) is 5.82 Å². The van der Waals surface area contributed by atoms with Gasteiger partial charge in [-0.2, -0.15) is 0 Å². The van der Waals surface area contributed by atoms with Gasteiger partial charge in [-0.1, -0.05) is 18.2 Å². The van der Waals surface area contributed by atoms with Crippen LogP contribution in [0.1, 0.15) is 11.1 Å². The lowest BCUT2D eigenvalue weighted by molar-refractivity contribution is 0.122. The molecule has 2 heterocycles. The van der Waals surface area contributed by atoms with E-state index in [0.717, 1.165) is 55.9 Å². The number of benzene rings is 1. The Hall–Kier alpha value is -2.07. The number of guanidine groups is 1. The van der Waals surface area contributed by atoms with E-state index in [0.29, 0.717) is 6.54 Å². The number of pyridine rings is 1. The zero-order chi connectivity index (χ0) is 19.8. The maximum Gasteiger partial charge on any atom is 0.193 e. The van der Waals surface area contributed by atoms with Gasteiger partial charge in [0.25, 0.3) is 0 Å². The molecular weight excluding hydrogens is 481 g/mol. The molecule has 1 aromatic heterocycles. The lowest BCUT2D eigenvalue weighted by atomic mass is 10.2. The van der Waals surface area contributed by atoms with Crippen LogP contribution in [0, 0.1) is 0 Å². The first kappa shape index (κ1) is 23.2. The molecule has 0 saturated carbocycles. The smallest absolute Gasteiger partial charge is 0.193 e. The number of morpholine rings is 1. The summed E-state index contributed by atoms with van der Waals surface area (Å²) in [6.07, 6.45) is 1.85. The van der Waals surface area contributed by atoms with Gasteiger partial charge in [-0.3, -0.25) is 4.99 Å². The molecule has 2 aromatic rings. The predicted octanol–water partition coefficient (Wildman–Crippen LogP) is 2.75. The van der Waals surface area contributed by atoms with Gasteiger partial charge < -0.3 is 24.6 Å². The molecular formula is C21H30IN5O2. The van der Waals surface area contributed by atoms with Gasteiger partial charge in [-0.15, -0.1) is 24.0 Å². The van der Waals surface area contributed by atoms with Crippen molar-refractivity contribution in [2.75, 3.05) is 52.4 Å². The molecule has 1 aliphatic heterocycles. The van der Waals surface area contributed by atoms with Crippen LogP contribution < -0.4 is 15.0 Å². The Morgan fingerprint density at radius 3 is 2.62 bits per heavy atom. The number of ether oxygens (including phenoxy) is 2. The molecule has 0 bridgehead atoms. The molecule has 1 N–H and O–H groups in total. The number of aromatic nitrogens is 1. The first-order valence-corrected chi connectivity index (χ1v) is 9.52. The van der Waals surface area contributed by atoms with Gasteiger partial charge in [0, 0.05) is 52.0 Å². The highest BCUT2D eigenvalue weighted by atomic mass is 127. The number of methoxy groups -OCH3 is 1. The number of rotatable bonds is 6. The minimum Gasteiger partial charge on any atom is -0.497 e. The molecule has 1 aliphatic rings. The van der Waals surface area contributed by atoms with Crippen LogP contribution in [0.25, 0.3) is 0 Å². The second-order valence-corrected chi connectivity index (χ2v) is 6.69. The summed E-state index contributed by atoms with van der Waals surface area (Å²) in [5.41, 5.74) is 2.35. The number of nitrogens with one attached hydrogen (secondary N) is 1. The molecule has 3 rings (SSSR count). The zero-order valence-electron chi connectivity index (χ0n) is 17.3. The average Bonchev–Trinajstić information content (AvgIpc) is 2.75. The van der Waals surface area contributed by atoms with Crippen molar-refractivity contribution in [3.05, 3.63) is 53.7 Å². The van der Waals surface area contributed by atoms with Gasteiger partial charge in [0.2, 0.25) is 0 Å². The van der Waals surface area contributed by atoms with E-state index in [1.165, 1.54) is 5.56 Å². The normalized spacial score (nSPS) is 14.2. The Labute approximate surface area is 190 Å². The van der Waals surface area contributed by atoms with Crippen LogP contribution in [0.15, 0.2) is 47.6 Å².